The first-order chi connectivity index (χ1) is 16.1. The van der Waals surface area contributed by atoms with E-state index < -0.39 is 11.6 Å². The van der Waals surface area contributed by atoms with Gasteiger partial charge in [-0.2, -0.15) is 0 Å². The van der Waals surface area contributed by atoms with E-state index in [0.717, 1.165) is 34.5 Å². The van der Waals surface area contributed by atoms with Crippen molar-refractivity contribution in [1.82, 2.24) is 4.98 Å². The van der Waals surface area contributed by atoms with Crippen molar-refractivity contribution in [3.8, 4) is 0 Å². The first-order valence-corrected chi connectivity index (χ1v) is 12.9. The molecule has 0 bridgehead atoms. The number of carbonyl (C=O) groups is 1. The number of carboxylic acid groups (broad SMARTS) is 1. The van der Waals surface area contributed by atoms with Crippen molar-refractivity contribution in [2.24, 2.45) is 0 Å². The van der Waals surface area contributed by atoms with Crippen LogP contribution in [0.1, 0.15) is 52.5 Å². The lowest BCUT2D eigenvalue weighted by Gasteiger charge is -2.47. The molecule has 1 atom stereocenters. The summed E-state index contributed by atoms with van der Waals surface area (Å²) in [4.78, 5) is 21.6. The Balaban J connectivity index is 1.62. The molecule has 6 heteroatoms. The molecule has 1 aromatic heterocycles. The molecule has 1 unspecified atom stereocenters. The monoisotopic (exact) mass is 477 g/mol. The molecule has 0 aliphatic carbocycles. The van der Waals surface area contributed by atoms with Crippen molar-refractivity contribution in [1.29, 1.82) is 0 Å². The predicted molar refractivity (Wildman–Crippen MR) is 138 cm³/mol. The largest absolute Gasteiger partial charge is 0.498 e. The number of quaternary nitrogens is 1. The molecule has 5 nitrogen and oxygen atoms in total. The highest BCUT2D eigenvalue weighted by atomic mass is 32.2. The molecule has 1 aliphatic heterocycles. The average molecular weight is 478 g/mol. The van der Waals surface area contributed by atoms with Gasteiger partial charge in [0.25, 0.3) is 6.09 Å². The number of rotatable bonds is 4. The van der Waals surface area contributed by atoms with Crippen LogP contribution in [0.5, 0.6) is 0 Å². The molecule has 2 heterocycles. The van der Waals surface area contributed by atoms with Crippen LogP contribution in [0.25, 0.3) is 10.9 Å². The van der Waals surface area contributed by atoms with Crippen LogP contribution in [-0.2, 0) is 0 Å². The van der Waals surface area contributed by atoms with E-state index in [4.69, 9.17) is 4.98 Å². The second-order valence-corrected chi connectivity index (χ2v) is 11.7. The summed E-state index contributed by atoms with van der Waals surface area (Å²) >= 11 is 1.72. The van der Waals surface area contributed by atoms with Crippen LogP contribution in [0, 0.1) is 0 Å². The van der Waals surface area contributed by atoms with Gasteiger partial charge in [0.05, 0.1) is 24.1 Å². The van der Waals surface area contributed by atoms with Crippen LogP contribution in [0.4, 0.5) is 10.5 Å². The number of amides is 1. The van der Waals surface area contributed by atoms with Gasteiger partial charge in [0.2, 0.25) is 0 Å². The normalized spacial score (nSPS) is 19.4. The molecular formula is C28H35N3O2S. The molecule has 1 fully saturated rings. The highest BCUT2D eigenvalue weighted by Crippen LogP contribution is 2.35. The average Bonchev–Trinajstić information content (AvgIpc) is 3.03. The zero-order chi connectivity index (χ0) is 24.5. The number of anilines is 1. The summed E-state index contributed by atoms with van der Waals surface area (Å²) in [6.45, 7) is 13.0. The van der Waals surface area contributed by atoms with Gasteiger partial charge in [0, 0.05) is 40.0 Å². The second-order valence-electron chi connectivity index (χ2n) is 10.5. The van der Waals surface area contributed by atoms with E-state index >= 15 is 0 Å². The van der Waals surface area contributed by atoms with E-state index in [0.29, 0.717) is 25.6 Å². The second kappa shape index (κ2) is 9.59. The van der Waals surface area contributed by atoms with Crippen molar-refractivity contribution >= 4 is 34.4 Å². The fraction of sp³-hybridized carbons (Fsp3) is 0.429. The molecule has 3 aromatic rings. The van der Waals surface area contributed by atoms with E-state index in [1.165, 1.54) is 10.5 Å². The van der Waals surface area contributed by atoms with Gasteiger partial charge in [-0.15, -0.1) is 0 Å². The van der Waals surface area contributed by atoms with Gasteiger partial charge in [0.15, 0.2) is 0 Å². The molecule has 1 saturated heterocycles. The molecular weight excluding hydrogens is 442 g/mol. The maximum atomic E-state index is 12.2. The van der Waals surface area contributed by atoms with Crippen LogP contribution >= 0.6 is 11.8 Å². The van der Waals surface area contributed by atoms with Gasteiger partial charge in [-0.3, -0.25) is 9.47 Å². The minimum Gasteiger partial charge on any atom is -0.498 e. The van der Waals surface area contributed by atoms with Crippen molar-refractivity contribution in [3.05, 3.63) is 60.3 Å². The summed E-state index contributed by atoms with van der Waals surface area (Å²) in [5, 5.41) is 13.3. The Bertz CT molecular complexity index is 1170. The first-order valence-electron chi connectivity index (χ1n) is 12.1. The molecule has 2 aromatic carbocycles. The first kappa shape index (κ1) is 24.6. The Kier molecular flexibility index (Phi) is 6.92. The zero-order valence-electron chi connectivity index (χ0n) is 20.9. The van der Waals surface area contributed by atoms with Crippen LogP contribution in [0.2, 0.25) is 0 Å². The fourth-order valence-electron chi connectivity index (χ4n) is 4.92. The Morgan fingerprint density at radius 2 is 1.79 bits per heavy atom. The van der Waals surface area contributed by atoms with E-state index in [2.05, 4.69) is 55.1 Å². The number of nitrogens with zero attached hydrogens (tertiary/aromatic N) is 3. The number of benzene rings is 2. The third kappa shape index (κ3) is 4.80. The smallest absolute Gasteiger partial charge is 0.257 e. The maximum Gasteiger partial charge on any atom is 0.257 e. The number of pyridine rings is 1. The van der Waals surface area contributed by atoms with E-state index in [1.807, 2.05) is 39.1 Å². The lowest BCUT2D eigenvalue weighted by Crippen LogP contribution is -2.68. The lowest BCUT2D eigenvalue weighted by atomic mass is 10.0. The molecule has 0 spiro atoms. The molecule has 180 valence electrons. The van der Waals surface area contributed by atoms with Gasteiger partial charge < -0.3 is 14.8 Å². The minimum atomic E-state index is -0.976. The standard InChI is InChI=1S/C28H35N3O2S/c1-20(2)21-10-12-22(13-11-21)34-23-18-24-25(29-19-23)8-6-9-26(24)30-14-7-16-31(17-15-30,27(32)33)28(3,4)5/h6,8-13,18-20H,7,14-17H2,1-5H3. The van der Waals surface area contributed by atoms with Crippen LogP contribution in [-0.4, -0.2) is 47.3 Å². The van der Waals surface area contributed by atoms with Gasteiger partial charge in [-0.05, 0) is 62.6 Å². The molecule has 4 rings (SSSR count). The van der Waals surface area contributed by atoms with Gasteiger partial charge in [0.1, 0.15) is 6.54 Å². The quantitative estimate of drug-likeness (QED) is 0.453. The van der Waals surface area contributed by atoms with Crippen molar-refractivity contribution in [2.75, 3.05) is 31.1 Å². The van der Waals surface area contributed by atoms with Crippen molar-refractivity contribution < 1.29 is 14.4 Å². The van der Waals surface area contributed by atoms with Gasteiger partial charge >= 0.3 is 0 Å². The fourth-order valence-corrected chi connectivity index (χ4v) is 5.74. The SMILES string of the molecule is CC(C)c1ccc(Sc2cnc3cccc(N4CCC[N+](C(=O)[O-])(C(C)(C)C)CC4)c3c2)cc1. The summed E-state index contributed by atoms with van der Waals surface area (Å²) in [7, 11) is 0. The molecule has 1 amide bonds. The number of carbonyl (C=O) groups excluding carboxylic acids is 1. The zero-order valence-corrected chi connectivity index (χ0v) is 21.7. The number of fused-ring (bicyclic) bond motifs is 1. The van der Waals surface area contributed by atoms with Gasteiger partial charge in [-0.25, -0.2) is 0 Å². The van der Waals surface area contributed by atoms with Crippen LogP contribution in [0.15, 0.2) is 64.5 Å². The summed E-state index contributed by atoms with van der Waals surface area (Å²) in [5.74, 6) is 0.519. The Labute approximate surface area is 207 Å². The summed E-state index contributed by atoms with van der Waals surface area (Å²) in [5.41, 5.74) is 3.00. The Hall–Kier alpha value is -2.57. The van der Waals surface area contributed by atoms with Crippen LogP contribution < -0.4 is 10.0 Å². The summed E-state index contributed by atoms with van der Waals surface area (Å²) in [6, 6.07) is 17.2. The number of hydrogen-bond donors (Lipinski definition) is 0. The lowest BCUT2D eigenvalue weighted by molar-refractivity contribution is -0.917. The topological polar surface area (TPSA) is 56.3 Å². The highest BCUT2D eigenvalue weighted by Gasteiger charge is 2.43. The highest BCUT2D eigenvalue weighted by molar-refractivity contribution is 7.99. The van der Waals surface area contributed by atoms with E-state index in [9.17, 15) is 9.90 Å². The van der Waals surface area contributed by atoms with Crippen LogP contribution in [0.3, 0.4) is 0 Å². The minimum absolute atomic E-state index is 0.0139. The van der Waals surface area contributed by atoms with Crippen molar-refractivity contribution in [3.63, 3.8) is 0 Å². The molecule has 0 N–H and O–H groups in total. The van der Waals surface area contributed by atoms with Gasteiger partial charge in [-0.1, -0.05) is 43.8 Å². The summed E-state index contributed by atoms with van der Waals surface area (Å²) in [6.07, 6.45) is 1.76. The molecule has 0 radical (unpaired) electrons. The molecule has 1 aliphatic rings. The molecule has 34 heavy (non-hydrogen) atoms. The third-order valence-electron chi connectivity index (χ3n) is 7.15. The predicted octanol–water partition coefficient (Wildman–Crippen LogP) is 5.68. The summed E-state index contributed by atoms with van der Waals surface area (Å²) < 4.78 is -0.0139. The van der Waals surface area contributed by atoms with Crippen molar-refractivity contribution in [2.45, 2.75) is 62.3 Å². The third-order valence-corrected chi connectivity index (χ3v) is 8.12. The molecule has 0 saturated carbocycles. The Morgan fingerprint density at radius 3 is 2.44 bits per heavy atom. The van der Waals surface area contributed by atoms with E-state index in [-0.39, 0.29) is 4.48 Å². The number of aromatic nitrogens is 1. The van der Waals surface area contributed by atoms with E-state index in [1.54, 1.807) is 11.8 Å². The number of hydrogen-bond acceptors (Lipinski definition) is 5. The Morgan fingerprint density at radius 1 is 1.06 bits per heavy atom. The maximum absolute atomic E-state index is 12.2.